The quantitative estimate of drug-likeness (QED) is 0.686. The fraction of sp³-hybridized carbons (Fsp3) is 0.412. The molecule has 1 aliphatic rings. The summed E-state index contributed by atoms with van der Waals surface area (Å²) in [6.45, 7) is 4.25. The van der Waals surface area contributed by atoms with Gasteiger partial charge in [0.2, 0.25) is 0 Å². The van der Waals surface area contributed by atoms with E-state index in [0.717, 1.165) is 12.8 Å². The lowest BCUT2D eigenvalue weighted by Gasteiger charge is -2.29. The number of aryl methyl sites for hydroxylation is 1. The van der Waals surface area contributed by atoms with Gasteiger partial charge in [0.25, 0.3) is 0 Å². The van der Waals surface area contributed by atoms with Gasteiger partial charge in [0.05, 0.1) is 28.2 Å². The van der Waals surface area contributed by atoms with E-state index < -0.39 is 4.92 Å². The van der Waals surface area contributed by atoms with E-state index in [1.807, 2.05) is 6.92 Å². The smallest absolute Gasteiger partial charge is 0.313 e. The summed E-state index contributed by atoms with van der Waals surface area (Å²) >= 11 is 0. The van der Waals surface area contributed by atoms with Gasteiger partial charge in [-0.2, -0.15) is 5.26 Å². The van der Waals surface area contributed by atoms with Gasteiger partial charge in [0, 0.05) is 18.0 Å². The molecule has 2 heterocycles. The van der Waals surface area contributed by atoms with Crippen LogP contribution in [0.3, 0.4) is 0 Å². The van der Waals surface area contributed by atoms with Crippen molar-refractivity contribution in [2.24, 2.45) is 0 Å². The van der Waals surface area contributed by atoms with Crippen molar-refractivity contribution in [2.45, 2.75) is 38.8 Å². The number of pyridine rings is 1. The molecule has 1 aromatic carbocycles. The van der Waals surface area contributed by atoms with Crippen molar-refractivity contribution in [3.8, 4) is 6.07 Å². The fourth-order valence-corrected chi connectivity index (χ4v) is 3.15. The number of anilines is 1. The number of rotatable bonds is 3. The van der Waals surface area contributed by atoms with E-state index in [2.05, 4.69) is 16.4 Å². The van der Waals surface area contributed by atoms with E-state index in [4.69, 9.17) is 10.00 Å². The molecular formula is C17H18N4O3. The second kappa shape index (κ2) is 6.42. The first-order valence-electron chi connectivity index (χ1n) is 7.86. The van der Waals surface area contributed by atoms with Crippen LogP contribution in [0.4, 0.5) is 11.4 Å². The van der Waals surface area contributed by atoms with Gasteiger partial charge >= 0.3 is 5.69 Å². The van der Waals surface area contributed by atoms with Crippen LogP contribution >= 0.6 is 0 Å². The SMILES string of the molecule is Cc1nc2ccc(C#N)cc2c(NC2CCO[C@H](C)C2)c1[N+](=O)[O-]. The van der Waals surface area contributed by atoms with Crippen molar-refractivity contribution >= 4 is 22.3 Å². The van der Waals surface area contributed by atoms with Crippen LogP contribution in [0, 0.1) is 28.4 Å². The first-order valence-corrected chi connectivity index (χ1v) is 7.86. The lowest BCUT2D eigenvalue weighted by atomic mass is 10.0. The van der Waals surface area contributed by atoms with E-state index >= 15 is 0 Å². The second-order valence-electron chi connectivity index (χ2n) is 6.07. The van der Waals surface area contributed by atoms with E-state index in [-0.39, 0.29) is 17.8 Å². The zero-order chi connectivity index (χ0) is 17.3. The molecule has 0 spiro atoms. The lowest BCUT2D eigenvalue weighted by molar-refractivity contribution is -0.384. The zero-order valence-corrected chi connectivity index (χ0v) is 13.6. The maximum atomic E-state index is 11.6. The monoisotopic (exact) mass is 326 g/mol. The molecule has 3 rings (SSSR count). The van der Waals surface area contributed by atoms with Gasteiger partial charge in [-0.3, -0.25) is 10.1 Å². The molecular weight excluding hydrogens is 308 g/mol. The first-order chi connectivity index (χ1) is 11.5. The molecule has 24 heavy (non-hydrogen) atoms. The summed E-state index contributed by atoms with van der Waals surface area (Å²) in [5.74, 6) is 0. The highest BCUT2D eigenvalue weighted by Crippen LogP contribution is 2.36. The number of aromatic nitrogens is 1. The fourth-order valence-electron chi connectivity index (χ4n) is 3.15. The molecule has 7 nitrogen and oxygen atoms in total. The summed E-state index contributed by atoms with van der Waals surface area (Å²) in [6.07, 6.45) is 1.67. The van der Waals surface area contributed by atoms with E-state index in [1.165, 1.54) is 0 Å². The Balaban J connectivity index is 2.15. The van der Waals surface area contributed by atoms with E-state index in [0.29, 0.717) is 34.5 Å². The molecule has 124 valence electrons. The molecule has 1 aliphatic heterocycles. The molecule has 0 saturated carbocycles. The Hall–Kier alpha value is -2.72. The third-order valence-corrected chi connectivity index (χ3v) is 4.28. The summed E-state index contributed by atoms with van der Waals surface area (Å²) in [5.41, 5.74) is 1.86. The Labute approximate surface area is 139 Å². The van der Waals surface area contributed by atoms with Gasteiger partial charge in [0.15, 0.2) is 0 Å². The highest BCUT2D eigenvalue weighted by atomic mass is 16.6. The second-order valence-corrected chi connectivity index (χ2v) is 6.07. The Morgan fingerprint density at radius 2 is 2.29 bits per heavy atom. The lowest BCUT2D eigenvalue weighted by Crippen LogP contribution is -2.32. The standard InChI is InChI=1S/C17H18N4O3/c1-10-7-13(5-6-24-10)20-16-14-8-12(9-18)3-4-15(14)19-11(2)17(16)21(22)23/h3-4,8,10,13H,5-7H2,1-2H3,(H,19,20)/t10-,13?/m1/s1. The van der Waals surface area contributed by atoms with E-state index in [1.54, 1.807) is 25.1 Å². The van der Waals surface area contributed by atoms with E-state index in [9.17, 15) is 10.1 Å². The molecule has 2 aromatic rings. The number of hydrogen-bond donors (Lipinski definition) is 1. The molecule has 1 fully saturated rings. The highest BCUT2D eigenvalue weighted by molar-refractivity contribution is 5.97. The Kier molecular flexibility index (Phi) is 4.32. The Morgan fingerprint density at radius 3 is 2.96 bits per heavy atom. The molecule has 0 radical (unpaired) electrons. The number of nitrogens with one attached hydrogen (secondary N) is 1. The number of nitro groups is 1. The summed E-state index contributed by atoms with van der Waals surface area (Å²) in [7, 11) is 0. The van der Waals surface area contributed by atoms with Gasteiger partial charge in [-0.05, 0) is 44.9 Å². The average Bonchev–Trinajstić information content (AvgIpc) is 2.54. The summed E-state index contributed by atoms with van der Waals surface area (Å²) in [6, 6.07) is 7.21. The predicted octanol–water partition coefficient (Wildman–Crippen LogP) is 3.30. The maximum Gasteiger partial charge on any atom is 0.313 e. The first kappa shape index (κ1) is 16.1. The summed E-state index contributed by atoms with van der Waals surface area (Å²) in [4.78, 5) is 15.5. The van der Waals surface area contributed by atoms with Crippen molar-refractivity contribution in [2.75, 3.05) is 11.9 Å². The molecule has 1 saturated heterocycles. The molecule has 7 heteroatoms. The van der Waals surface area contributed by atoms with Crippen LogP contribution in [-0.2, 0) is 4.74 Å². The predicted molar refractivity (Wildman–Crippen MR) is 89.9 cm³/mol. The molecule has 0 aliphatic carbocycles. The van der Waals surface area contributed by atoms with Gasteiger partial charge < -0.3 is 10.1 Å². The van der Waals surface area contributed by atoms with Crippen molar-refractivity contribution in [1.29, 1.82) is 5.26 Å². The van der Waals surface area contributed by atoms with Gasteiger partial charge in [-0.1, -0.05) is 0 Å². The largest absolute Gasteiger partial charge is 0.378 e. The van der Waals surface area contributed by atoms with Gasteiger partial charge in [-0.25, -0.2) is 4.98 Å². The Bertz CT molecular complexity index is 844. The number of nitriles is 1. The van der Waals surface area contributed by atoms with Crippen LogP contribution < -0.4 is 5.32 Å². The van der Waals surface area contributed by atoms with Crippen molar-refractivity contribution in [3.63, 3.8) is 0 Å². The molecule has 2 atom stereocenters. The number of hydrogen-bond acceptors (Lipinski definition) is 6. The van der Waals surface area contributed by atoms with Crippen LogP contribution in [0.5, 0.6) is 0 Å². The minimum absolute atomic E-state index is 0.0308. The van der Waals surface area contributed by atoms with Crippen molar-refractivity contribution < 1.29 is 9.66 Å². The van der Waals surface area contributed by atoms with Crippen LogP contribution in [0.25, 0.3) is 10.9 Å². The minimum Gasteiger partial charge on any atom is -0.378 e. The zero-order valence-electron chi connectivity index (χ0n) is 13.6. The topological polar surface area (TPSA) is 101 Å². The Morgan fingerprint density at radius 1 is 1.50 bits per heavy atom. The van der Waals surface area contributed by atoms with Gasteiger partial charge in [0.1, 0.15) is 11.4 Å². The molecule has 1 unspecified atom stereocenters. The number of benzene rings is 1. The van der Waals surface area contributed by atoms with Crippen molar-refractivity contribution in [3.05, 3.63) is 39.6 Å². The molecule has 1 aromatic heterocycles. The van der Waals surface area contributed by atoms with Gasteiger partial charge in [-0.15, -0.1) is 0 Å². The average molecular weight is 326 g/mol. The maximum absolute atomic E-state index is 11.6. The van der Waals surface area contributed by atoms with Crippen LogP contribution in [0.2, 0.25) is 0 Å². The molecule has 1 N–H and O–H groups in total. The number of nitrogens with zero attached hydrogens (tertiary/aromatic N) is 3. The number of fused-ring (bicyclic) bond motifs is 1. The third kappa shape index (κ3) is 3.01. The van der Waals surface area contributed by atoms with Crippen molar-refractivity contribution in [1.82, 2.24) is 4.98 Å². The van der Waals surface area contributed by atoms with Crippen LogP contribution in [0.15, 0.2) is 18.2 Å². The minimum atomic E-state index is -0.411. The molecule has 0 bridgehead atoms. The van der Waals surface area contributed by atoms with Crippen LogP contribution in [-0.4, -0.2) is 28.7 Å². The van der Waals surface area contributed by atoms with Crippen LogP contribution in [0.1, 0.15) is 31.0 Å². The normalized spacial score (nSPS) is 20.5. The number of ether oxygens (including phenoxy) is 1. The highest BCUT2D eigenvalue weighted by Gasteiger charge is 2.27. The molecule has 0 amide bonds. The third-order valence-electron chi connectivity index (χ3n) is 4.28. The summed E-state index contributed by atoms with van der Waals surface area (Å²) in [5, 5.41) is 24.6. The summed E-state index contributed by atoms with van der Waals surface area (Å²) < 4.78 is 5.54.